The Balaban J connectivity index is 2.14. The van der Waals surface area contributed by atoms with Crippen molar-refractivity contribution in [2.24, 2.45) is 11.8 Å². The first-order valence-corrected chi connectivity index (χ1v) is 7.88. The summed E-state index contributed by atoms with van der Waals surface area (Å²) in [5, 5.41) is 11.9. The molecule has 7 heteroatoms. The Labute approximate surface area is 141 Å². The third-order valence-electron chi connectivity index (χ3n) is 4.06. The van der Waals surface area contributed by atoms with E-state index in [1.807, 2.05) is 6.92 Å². The second-order valence-electron chi connectivity index (χ2n) is 6.49. The van der Waals surface area contributed by atoms with Gasteiger partial charge >= 0.3 is 12.0 Å². The summed E-state index contributed by atoms with van der Waals surface area (Å²) >= 11 is 0. The van der Waals surface area contributed by atoms with Crippen LogP contribution in [0.1, 0.15) is 23.7 Å². The number of carboxylic acid groups (broad SMARTS) is 1. The highest BCUT2D eigenvalue weighted by atomic mass is 16.4. The van der Waals surface area contributed by atoms with Crippen LogP contribution in [-0.4, -0.2) is 60.0 Å². The molecule has 7 nitrogen and oxygen atoms in total. The van der Waals surface area contributed by atoms with E-state index in [4.69, 9.17) is 0 Å². The summed E-state index contributed by atoms with van der Waals surface area (Å²) in [7, 11) is 3.26. The van der Waals surface area contributed by atoms with Gasteiger partial charge in [0.05, 0.1) is 5.92 Å². The van der Waals surface area contributed by atoms with Crippen LogP contribution in [-0.2, 0) is 4.79 Å². The summed E-state index contributed by atoms with van der Waals surface area (Å²) in [5.41, 5.74) is 0.962. The van der Waals surface area contributed by atoms with Crippen molar-refractivity contribution in [1.29, 1.82) is 0 Å². The lowest BCUT2D eigenvalue weighted by Crippen LogP contribution is -2.45. The number of nitrogens with zero attached hydrogens (tertiary/aromatic N) is 2. The van der Waals surface area contributed by atoms with E-state index in [1.165, 1.54) is 4.90 Å². The number of hydrogen-bond donors (Lipinski definition) is 2. The van der Waals surface area contributed by atoms with Crippen LogP contribution in [0.15, 0.2) is 24.3 Å². The van der Waals surface area contributed by atoms with Crippen molar-refractivity contribution < 1.29 is 19.5 Å². The standard InChI is InChI=1S/C17H23N3O4/c1-11-7-13(16(22)23)10-20(9-11)15(21)12-5-4-6-14(8-12)18-17(24)19(2)3/h4-6,8,11,13H,7,9-10H2,1-3H3,(H,18,24)(H,22,23). The van der Waals surface area contributed by atoms with Gasteiger partial charge in [-0.3, -0.25) is 9.59 Å². The fraction of sp³-hybridized carbons (Fsp3) is 0.471. The average molecular weight is 333 g/mol. The number of nitrogens with one attached hydrogen (secondary N) is 1. The SMILES string of the molecule is CC1CC(C(=O)O)CN(C(=O)c2cccc(NC(=O)N(C)C)c2)C1. The van der Waals surface area contributed by atoms with Crippen LogP contribution < -0.4 is 5.32 Å². The molecule has 130 valence electrons. The van der Waals surface area contributed by atoms with Crippen molar-refractivity contribution in [3.05, 3.63) is 29.8 Å². The number of urea groups is 1. The molecule has 24 heavy (non-hydrogen) atoms. The summed E-state index contributed by atoms with van der Waals surface area (Å²) < 4.78 is 0. The Bertz CT molecular complexity index is 644. The van der Waals surface area contributed by atoms with Gasteiger partial charge in [0.1, 0.15) is 0 Å². The molecule has 1 saturated heterocycles. The molecule has 2 atom stereocenters. The Morgan fingerprint density at radius 1 is 1.25 bits per heavy atom. The molecule has 0 aliphatic carbocycles. The first-order chi connectivity index (χ1) is 11.3. The van der Waals surface area contributed by atoms with Crippen LogP contribution in [0.2, 0.25) is 0 Å². The van der Waals surface area contributed by atoms with Gasteiger partial charge in [0.15, 0.2) is 0 Å². The number of benzene rings is 1. The third kappa shape index (κ3) is 4.24. The lowest BCUT2D eigenvalue weighted by Gasteiger charge is -2.34. The first kappa shape index (κ1) is 17.8. The zero-order valence-electron chi connectivity index (χ0n) is 14.2. The average Bonchev–Trinajstić information content (AvgIpc) is 2.53. The molecule has 1 fully saturated rings. The molecule has 1 aliphatic heterocycles. The number of carbonyl (C=O) groups is 3. The van der Waals surface area contributed by atoms with Gasteiger partial charge in [-0.15, -0.1) is 0 Å². The minimum atomic E-state index is -0.869. The predicted molar refractivity (Wildman–Crippen MR) is 90.0 cm³/mol. The molecule has 0 aromatic heterocycles. The maximum atomic E-state index is 12.7. The summed E-state index contributed by atoms with van der Waals surface area (Å²) in [5.74, 6) is -1.48. The molecular weight excluding hydrogens is 310 g/mol. The molecule has 1 aromatic rings. The zero-order chi connectivity index (χ0) is 17.9. The molecular formula is C17H23N3O4. The van der Waals surface area contributed by atoms with Gasteiger partial charge in [-0.1, -0.05) is 13.0 Å². The van der Waals surface area contributed by atoms with E-state index in [0.29, 0.717) is 24.2 Å². The molecule has 0 bridgehead atoms. The summed E-state index contributed by atoms with van der Waals surface area (Å²) in [4.78, 5) is 38.6. The largest absolute Gasteiger partial charge is 0.481 e. The molecule has 1 aromatic carbocycles. The molecule has 2 N–H and O–H groups in total. The van der Waals surface area contributed by atoms with Gasteiger partial charge in [-0.25, -0.2) is 4.79 Å². The van der Waals surface area contributed by atoms with E-state index >= 15 is 0 Å². The maximum Gasteiger partial charge on any atom is 0.321 e. The molecule has 2 unspecified atom stereocenters. The minimum Gasteiger partial charge on any atom is -0.481 e. The lowest BCUT2D eigenvalue weighted by molar-refractivity contribution is -0.143. The number of carbonyl (C=O) groups excluding carboxylic acids is 2. The van der Waals surface area contributed by atoms with Crippen molar-refractivity contribution in [1.82, 2.24) is 9.80 Å². The molecule has 3 amide bonds. The number of piperidine rings is 1. The van der Waals surface area contributed by atoms with Crippen molar-refractivity contribution in [2.75, 3.05) is 32.5 Å². The highest BCUT2D eigenvalue weighted by Crippen LogP contribution is 2.24. The van der Waals surface area contributed by atoms with E-state index in [0.717, 1.165) is 0 Å². The van der Waals surface area contributed by atoms with Crippen molar-refractivity contribution >= 4 is 23.6 Å². The smallest absolute Gasteiger partial charge is 0.321 e. The number of aliphatic carboxylic acids is 1. The number of carboxylic acids is 1. The topological polar surface area (TPSA) is 90.0 Å². The van der Waals surface area contributed by atoms with Crippen LogP contribution in [0.5, 0.6) is 0 Å². The van der Waals surface area contributed by atoms with E-state index in [2.05, 4.69) is 5.32 Å². The summed E-state index contributed by atoms with van der Waals surface area (Å²) in [6.45, 7) is 2.70. The Morgan fingerprint density at radius 2 is 1.96 bits per heavy atom. The Morgan fingerprint density at radius 3 is 2.58 bits per heavy atom. The van der Waals surface area contributed by atoms with E-state index < -0.39 is 11.9 Å². The van der Waals surface area contributed by atoms with Gasteiger partial charge in [0.25, 0.3) is 5.91 Å². The van der Waals surface area contributed by atoms with E-state index in [-0.39, 0.29) is 24.4 Å². The normalized spacial score (nSPS) is 20.4. The van der Waals surface area contributed by atoms with Crippen molar-refractivity contribution in [3.8, 4) is 0 Å². The molecule has 2 rings (SSSR count). The second kappa shape index (κ2) is 7.33. The lowest BCUT2D eigenvalue weighted by atomic mass is 9.90. The van der Waals surface area contributed by atoms with Crippen LogP contribution in [0.4, 0.5) is 10.5 Å². The fourth-order valence-electron chi connectivity index (χ4n) is 2.84. The highest BCUT2D eigenvalue weighted by Gasteiger charge is 2.32. The number of likely N-dealkylation sites (tertiary alicyclic amines) is 1. The number of amides is 3. The minimum absolute atomic E-state index is 0.139. The van der Waals surface area contributed by atoms with E-state index in [1.54, 1.807) is 43.3 Å². The Kier molecular flexibility index (Phi) is 5.43. The quantitative estimate of drug-likeness (QED) is 0.885. The van der Waals surface area contributed by atoms with Crippen LogP contribution in [0.25, 0.3) is 0 Å². The van der Waals surface area contributed by atoms with Gasteiger partial charge in [-0.2, -0.15) is 0 Å². The predicted octanol–water partition coefficient (Wildman–Crippen LogP) is 1.96. The van der Waals surface area contributed by atoms with Crippen molar-refractivity contribution in [2.45, 2.75) is 13.3 Å². The zero-order valence-corrected chi connectivity index (χ0v) is 14.2. The fourth-order valence-corrected chi connectivity index (χ4v) is 2.84. The van der Waals surface area contributed by atoms with Crippen LogP contribution >= 0.6 is 0 Å². The van der Waals surface area contributed by atoms with Gasteiger partial charge in [0, 0.05) is 38.4 Å². The third-order valence-corrected chi connectivity index (χ3v) is 4.06. The monoisotopic (exact) mass is 333 g/mol. The Hall–Kier alpha value is -2.57. The summed E-state index contributed by atoms with van der Waals surface area (Å²) in [6, 6.07) is 6.40. The van der Waals surface area contributed by atoms with Crippen LogP contribution in [0, 0.1) is 11.8 Å². The van der Waals surface area contributed by atoms with Gasteiger partial charge in [-0.05, 0) is 30.5 Å². The highest BCUT2D eigenvalue weighted by molar-refractivity contribution is 5.97. The van der Waals surface area contributed by atoms with Crippen LogP contribution in [0.3, 0.4) is 0 Å². The molecule has 0 radical (unpaired) electrons. The number of anilines is 1. The maximum absolute atomic E-state index is 12.7. The summed E-state index contributed by atoms with van der Waals surface area (Å²) in [6.07, 6.45) is 0.581. The molecule has 1 heterocycles. The molecule has 1 aliphatic rings. The molecule has 0 spiro atoms. The number of rotatable bonds is 3. The number of hydrogen-bond acceptors (Lipinski definition) is 3. The van der Waals surface area contributed by atoms with Gasteiger partial charge in [0.2, 0.25) is 0 Å². The first-order valence-electron chi connectivity index (χ1n) is 7.88. The van der Waals surface area contributed by atoms with Gasteiger partial charge < -0.3 is 20.2 Å². The second-order valence-corrected chi connectivity index (χ2v) is 6.49. The van der Waals surface area contributed by atoms with Crippen molar-refractivity contribution in [3.63, 3.8) is 0 Å². The molecule has 0 saturated carbocycles. The van der Waals surface area contributed by atoms with E-state index in [9.17, 15) is 19.5 Å².